The molecule has 262 valence electrons. The Morgan fingerprint density at radius 1 is 0.686 bits per heavy atom. The highest BCUT2D eigenvalue weighted by molar-refractivity contribution is 6.13. The lowest BCUT2D eigenvalue weighted by atomic mass is 9.56. The topological polar surface area (TPSA) is 0 Å². The summed E-state index contributed by atoms with van der Waals surface area (Å²) in [6.07, 6.45) is 13.2. The maximum atomic E-state index is 2.75. The Morgan fingerprint density at radius 2 is 1.37 bits per heavy atom. The second kappa shape index (κ2) is 10.9. The molecule has 5 aliphatic rings. The Kier molecular flexibility index (Phi) is 7.13. The molecule has 1 saturated carbocycles. The van der Waals surface area contributed by atoms with Gasteiger partial charge in [0, 0.05) is 16.2 Å². The Labute approximate surface area is 308 Å². The van der Waals surface area contributed by atoms with Crippen molar-refractivity contribution in [1.82, 2.24) is 0 Å². The van der Waals surface area contributed by atoms with Crippen LogP contribution in [0.2, 0.25) is 0 Å². The molecule has 4 aromatic carbocycles. The lowest BCUT2D eigenvalue weighted by Crippen LogP contribution is -2.41. The molecule has 0 heteroatoms. The van der Waals surface area contributed by atoms with Gasteiger partial charge in [0.15, 0.2) is 0 Å². The number of aryl methyl sites for hydroxylation is 3. The lowest BCUT2D eigenvalue weighted by Gasteiger charge is -2.47. The van der Waals surface area contributed by atoms with Crippen molar-refractivity contribution in [3.63, 3.8) is 0 Å². The summed E-state index contributed by atoms with van der Waals surface area (Å²) in [5.74, 6) is 1.80. The first kappa shape index (κ1) is 33.2. The fraction of sp³-hybridized carbons (Fsp3) is 0.451. The molecule has 0 radical (unpaired) electrons. The minimum Gasteiger partial charge on any atom is -0.0681 e. The number of fused-ring (bicyclic) bond motifs is 12. The molecule has 2 unspecified atom stereocenters. The Morgan fingerprint density at radius 3 is 2.10 bits per heavy atom. The Hall–Kier alpha value is -3.64. The summed E-state index contributed by atoms with van der Waals surface area (Å²) in [7, 11) is 0. The number of hydrogen-bond donors (Lipinski definition) is 0. The first-order valence-corrected chi connectivity index (χ1v) is 20.2. The van der Waals surface area contributed by atoms with Gasteiger partial charge in [-0.3, -0.25) is 0 Å². The van der Waals surface area contributed by atoms with Crippen molar-refractivity contribution in [3.8, 4) is 11.1 Å². The fourth-order valence-electron chi connectivity index (χ4n) is 12.8. The summed E-state index contributed by atoms with van der Waals surface area (Å²) in [5, 5.41) is 2.96. The highest BCUT2D eigenvalue weighted by Gasteiger charge is 2.57. The highest BCUT2D eigenvalue weighted by Crippen LogP contribution is 2.69. The predicted molar refractivity (Wildman–Crippen MR) is 220 cm³/mol. The summed E-state index contributed by atoms with van der Waals surface area (Å²) in [5.41, 5.74) is 23.8. The molecule has 1 fully saturated rings. The minimum absolute atomic E-state index is 0.0459. The van der Waals surface area contributed by atoms with Crippen LogP contribution >= 0.6 is 0 Å². The zero-order valence-corrected chi connectivity index (χ0v) is 33.2. The van der Waals surface area contributed by atoms with Crippen LogP contribution in [0.15, 0.2) is 71.8 Å². The average Bonchev–Trinajstić information content (AvgIpc) is 3.56. The fourth-order valence-corrected chi connectivity index (χ4v) is 12.8. The Bertz CT molecular complexity index is 2280. The van der Waals surface area contributed by atoms with Crippen LogP contribution in [-0.4, -0.2) is 0 Å². The van der Waals surface area contributed by atoms with Crippen molar-refractivity contribution in [2.45, 2.75) is 131 Å². The summed E-state index contributed by atoms with van der Waals surface area (Å²) in [6.45, 7) is 26.7. The van der Waals surface area contributed by atoms with Gasteiger partial charge in [0.2, 0.25) is 0 Å². The molecule has 0 amide bonds. The second-order valence-corrected chi connectivity index (χ2v) is 19.0. The van der Waals surface area contributed by atoms with E-state index in [9.17, 15) is 0 Å². The molecule has 5 aliphatic carbocycles. The third-order valence-corrected chi connectivity index (χ3v) is 14.2. The van der Waals surface area contributed by atoms with Crippen LogP contribution in [0.5, 0.6) is 0 Å². The van der Waals surface area contributed by atoms with Crippen LogP contribution < -0.4 is 0 Å². The summed E-state index contributed by atoms with van der Waals surface area (Å²) < 4.78 is 0. The van der Waals surface area contributed by atoms with E-state index in [1.807, 2.05) is 0 Å². The maximum absolute atomic E-state index is 2.75. The first-order chi connectivity index (χ1) is 24.2. The van der Waals surface area contributed by atoms with Gasteiger partial charge in [-0.25, -0.2) is 0 Å². The molecule has 2 atom stereocenters. The third kappa shape index (κ3) is 4.32. The van der Waals surface area contributed by atoms with Crippen molar-refractivity contribution >= 4 is 21.9 Å². The number of rotatable bonds is 3. The zero-order valence-electron chi connectivity index (χ0n) is 33.2. The van der Waals surface area contributed by atoms with E-state index in [1.54, 1.807) is 39.0 Å². The van der Waals surface area contributed by atoms with E-state index in [1.165, 1.54) is 93.0 Å². The maximum Gasteiger partial charge on any atom is 0.0473 e. The molecule has 0 N–H and O–H groups in total. The molecular weight excluding hydrogens is 613 g/mol. The SMILES string of the molecule is CC1=CC2(c3ccc4c(c3-c3cc(C)c5c(C)cc(C)cc5c32)C(C)(C)C2=C4C(C)(C)c3ccc(CC(C)C)cc32)C(C2CCCCC2)C(C)=C1. The molecule has 4 aromatic rings. The first-order valence-electron chi connectivity index (χ1n) is 20.2. The molecule has 1 spiro atoms. The van der Waals surface area contributed by atoms with Crippen LogP contribution in [0.25, 0.3) is 33.0 Å². The minimum atomic E-state index is -0.183. The van der Waals surface area contributed by atoms with Gasteiger partial charge in [-0.1, -0.05) is 138 Å². The van der Waals surface area contributed by atoms with E-state index >= 15 is 0 Å². The molecule has 0 nitrogen and oxygen atoms in total. The van der Waals surface area contributed by atoms with Crippen molar-refractivity contribution in [2.75, 3.05) is 0 Å². The van der Waals surface area contributed by atoms with E-state index in [0.29, 0.717) is 17.8 Å². The second-order valence-electron chi connectivity index (χ2n) is 19.0. The summed E-state index contributed by atoms with van der Waals surface area (Å²) in [6, 6.07) is 20.3. The molecule has 9 rings (SSSR count). The highest BCUT2D eigenvalue weighted by atomic mass is 14.6. The quantitative estimate of drug-likeness (QED) is 0.203. The normalized spacial score (nSPS) is 24.1. The van der Waals surface area contributed by atoms with Gasteiger partial charge >= 0.3 is 0 Å². The van der Waals surface area contributed by atoms with Crippen LogP contribution in [0.4, 0.5) is 0 Å². The van der Waals surface area contributed by atoms with Crippen molar-refractivity contribution < 1.29 is 0 Å². The van der Waals surface area contributed by atoms with E-state index in [2.05, 4.69) is 137 Å². The van der Waals surface area contributed by atoms with Gasteiger partial charge in [0.25, 0.3) is 0 Å². The molecule has 0 saturated heterocycles. The summed E-state index contributed by atoms with van der Waals surface area (Å²) >= 11 is 0. The number of benzene rings is 4. The van der Waals surface area contributed by atoms with Crippen LogP contribution in [0.3, 0.4) is 0 Å². The number of hydrogen-bond acceptors (Lipinski definition) is 0. The Balaban J connectivity index is 1.39. The van der Waals surface area contributed by atoms with Crippen molar-refractivity contribution in [2.24, 2.45) is 17.8 Å². The molecule has 0 aromatic heterocycles. The standard InChI is InChI=1S/C51H58/c1-28(2)21-34-17-19-40-37(26-34)48-47(49(40,8)9)36-18-20-41-43(46(36)50(48,10)11)39-25-32(6)42-31(5)22-29(3)24-38(42)45(39)51(41)27-30(4)23-33(7)44(51)35-15-13-12-14-16-35/h17-20,22-28,35,44H,12-16,21H2,1-11H3. The summed E-state index contributed by atoms with van der Waals surface area (Å²) in [4.78, 5) is 0. The van der Waals surface area contributed by atoms with E-state index < -0.39 is 0 Å². The van der Waals surface area contributed by atoms with E-state index in [4.69, 9.17) is 0 Å². The predicted octanol–water partition coefficient (Wildman–Crippen LogP) is 13.8. The third-order valence-electron chi connectivity index (χ3n) is 14.2. The van der Waals surface area contributed by atoms with Gasteiger partial charge in [0.1, 0.15) is 0 Å². The zero-order chi connectivity index (χ0) is 35.9. The van der Waals surface area contributed by atoms with Gasteiger partial charge in [-0.15, -0.1) is 0 Å². The van der Waals surface area contributed by atoms with E-state index in [-0.39, 0.29) is 16.2 Å². The van der Waals surface area contributed by atoms with Crippen molar-refractivity contribution in [1.29, 1.82) is 0 Å². The van der Waals surface area contributed by atoms with Crippen LogP contribution in [-0.2, 0) is 22.7 Å². The average molecular weight is 671 g/mol. The van der Waals surface area contributed by atoms with Crippen LogP contribution in [0, 0.1) is 38.5 Å². The molecule has 51 heavy (non-hydrogen) atoms. The number of allylic oxidation sites excluding steroid dienone is 6. The monoisotopic (exact) mass is 670 g/mol. The van der Waals surface area contributed by atoms with Crippen LogP contribution in [0.1, 0.15) is 143 Å². The smallest absolute Gasteiger partial charge is 0.0473 e. The van der Waals surface area contributed by atoms with Crippen molar-refractivity contribution in [3.05, 3.63) is 127 Å². The molecule has 0 aliphatic heterocycles. The van der Waals surface area contributed by atoms with Gasteiger partial charge < -0.3 is 0 Å². The van der Waals surface area contributed by atoms with Gasteiger partial charge in [-0.05, 0) is 155 Å². The molecule has 0 heterocycles. The van der Waals surface area contributed by atoms with E-state index in [0.717, 1.165) is 6.42 Å². The molecule has 0 bridgehead atoms. The largest absolute Gasteiger partial charge is 0.0681 e. The lowest BCUT2D eigenvalue weighted by molar-refractivity contribution is 0.227. The van der Waals surface area contributed by atoms with Gasteiger partial charge in [0.05, 0.1) is 0 Å². The van der Waals surface area contributed by atoms with Gasteiger partial charge in [-0.2, -0.15) is 0 Å². The molecular formula is C51H58.